The SMILES string of the molecule is CC(C)c1cccc2c(C=O)c(-c3ccc(Cl)cc3Cl)[nH]c12. The van der Waals surface area contributed by atoms with Crippen LogP contribution in [0.1, 0.15) is 35.7 Å². The van der Waals surface area contributed by atoms with Gasteiger partial charge < -0.3 is 4.98 Å². The van der Waals surface area contributed by atoms with Crippen LogP contribution >= 0.6 is 23.2 Å². The highest BCUT2D eigenvalue weighted by Gasteiger charge is 2.17. The van der Waals surface area contributed by atoms with Crippen molar-refractivity contribution < 1.29 is 4.79 Å². The molecule has 2 nitrogen and oxygen atoms in total. The Hall–Kier alpha value is -1.77. The number of hydrogen-bond acceptors (Lipinski definition) is 1. The number of fused-ring (bicyclic) bond motifs is 1. The second kappa shape index (κ2) is 5.79. The van der Waals surface area contributed by atoms with E-state index in [0.717, 1.165) is 28.4 Å². The summed E-state index contributed by atoms with van der Waals surface area (Å²) in [6, 6.07) is 11.3. The highest BCUT2D eigenvalue weighted by atomic mass is 35.5. The largest absolute Gasteiger partial charge is 0.354 e. The number of halogens is 2. The molecule has 0 unspecified atom stereocenters. The highest BCUT2D eigenvalue weighted by molar-refractivity contribution is 6.36. The summed E-state index contributed by atoms with van der Waals surface area (Å²) < 4.78 is 0. The lowest BCUT2D eigenvalue weighted by Gasteiger charge is -2.06. The number of aromatic amines is 1. The normalized spacial score (nSPS) is 11.3. The van der Waals surface area contributed by atoms with Gasteiger partial charge in [-0.05, 0) is 29.7 Å². The lowest BCUT2D eigenvalue weighted by molar-refractivity contribution is 0.112. The number of rotatable bonds is 3. The van der Waals surface area contributed by atoms with Gasteiger partial charge in [-0.15, -0.1) is 0 Å². The Morgan fingerprint density at radius 1 is 1.14 bits per heavy atom. The maximum absolute atomic E-state index is 11.6. The van der Waals surface area contributed by atoms with Gasteiger partial charge in [-0.1, -0.05) is 55.2 Å². The van der Waals surface area contributed by atoms with E-state index in [4.69, 9.17) is 23.2 Å². The molecule has 0 bridgehead atoms. The summed E-state index contributed by atoms with van der Waals surface area (Å²) in [7, 11) is 0. The lowest BCUT2D eigenvalue weighted by Crippen LogP contribution is -1.88. The fraction of sp³-hybridized carbons (Fsp3) is 0.167. The van der Waals surface area contributed by atoms with Crippen LogP contribution in [0.15, 0.2) is 36.4 Å². The van der Waals surface area contributed by atoms with Crippen molar-refractivity contribution in [3.63, 3.8) is 0 Å². The topological polar surface area (TPSA) is 32.9 Å². The quantitative estimate of drug-likeness (QED) is 0.580. The molecule has 1 aromatic heterocycles. The van der Waals surface area contributed by atoms with Crippen molar-refractivity contribution in [3.05, 3.63) is 57.6 Å². The molecule has 3 aromatic rings. The number of hydrogen-bond donors (Lipinski definition) is 1. The van der Waals surface area contributed by atoms with Gasteiger partial charge in [0.2, 0.25) is 0 Å². The monoisotopic (exact) mass is 331 g/mol. The fourth-order valence-electron chi connectivity index (χ4n) is 2.77. The predicted molar refractivity (Wildman–Crippen MR) is 93.2 cm³/mol. The Labute approximate surface area is 139 Å². The second-order valence-corrected chi connectivity index (χ2v) is 6.42. The molecule has 0 saturated heterocycles. The Morgan fingerprint density at radius 3 is 2.55 bits per heavy atom. The lowest BCUT2D eigenvalue weighted by atomic mass is 9.99. The molecule has 4 heteroatoms. The molecular formula is C18H15Cl2NO. The molecule has 1 N–H and O–H groups in total. The summed E-state index contributed by atoms with van der Waals surface area (Å²) in [4.78, 5) is 15.0. The zero-order chi connectivity index (χ0) is 15.9. The van der Waals surface area contributed by atoms with E-state index in [1.807, 2.05) is 18.2 Å². The van der Waals surface area contributed by atoms with Crippen molar-refractivity contribution in [2.24, 2.45) is 0 Å². The number of para-hydroxylation sites is 1. The first kappa shape index (κ1) is 15.1. The van der Waals surface area contributed by atoms with Crippen molar-refractivity contribution >= 4 is 40.4 Å². The zero-order valence-corrected chi connectivity index (χ0v) is 13.8. The van der Waals surface area contributed by atoms with E-state index >= 15 is 0 Å². The van der Waals surface area contributed by atoms with Gasteiger partial charge in [-0.25, -0.2) is 0 Å². The smallest absolute Gasteiger partial charge is 0.152 e. The van der Waals surface area contributed by atoms with Gasteiger partial charge in [-0.3, -0.25) is 4.79 Å². The number of aromatic nitrogens is 1. The number of benzene rings is 2. The number of carbonyl (C=O) groups is 1. The molecule has 112 valence electrons. The van der Waals surface area contributed by atoms with Crippen LogP contribution in [-0.4, -0.2) is 11.3 Å². The number of aldehydes is 1. The molecule has 1 heterocycles. The summed E-state index contributed by atoms with van der Waals surface area (Å²) in [5, 5.41) is 2.01. The maximum Gasteiger partial charge on any atom is 0.152 e. The molecule has 0 fully saturated rings. The molecule has 0 aliphatic rings. The average Bonchev–Trinajstić information content (AvgIpc) is 2.84. The van der Waals surface area contributed by atoms with Crippen molar-refractivity contribution in [1.82, 2.24) is 4.98 Å². The van der Waals surface area contributed by atoms with Crippen LogP contribution in [0, 0.1) is 0 Å². The Morgan fingerprint density at radius 2 is 1.91 bits per heavy atom. The van der Waals surface area contributed by atoms with E-state index in [1.54, 1.807) is 12.1 Å². The van der Waals surface area contributed by atoms with Crippen LogP contribution in [0.5, 0.6) is 0 Å². The molecule has 0 amide bonds. The van der Waals surface area contributed by atoms with E-state index in [0.29, 0.717) is 21.5 Å². The van der Waals surface area contributed by atoms with Gasteiger partial charge in [0.05, 0.1) is 16.2 Å². The van der Waals surface area contributed by atoms with Crippen LogP contribution in [0.3, 0.4) is 0 Å². The Bertz CT molecular complexity index is 865. The molecule has 0 radical (unpaired) electrons. The molecule has 0 atom stereocenters. The molecule has 0 spiro atoms. The van der Waals surface area contributed by atoms with Crippen LogP contribution in [0.2, 0.25) is 10.0 Å². The highest BCUT2D eigenvalue weighted by Crippen LogP contribution is 2.37. The summed E-state index contributed by atoms with van der Waals surface area (Å²) in [6.45, 7) is 4.26. The number of H-pyrrole nitrogens is 1. The van der Waals surface area contributed by atoms with Gasteiger partial charge in [0.15, 0.2) is 6.29 Å². The van der Waals surface area contributed by atoms with E-state index in [9.17, 15) is 4.79 Å². The Balaban J connectivity index is 2.35. The van der Waals surface area contributed by atoms with E-state index < -0.39 is 0 Å². The third-order valence-electron chi connectivity index (χ3n) is 3.85. The third kappa shape index (κ3) is 2.43. The minimum Gasteiger partial charge on any atom is -0.354 e. The van der Waals surface area contributed by atoms with Crippen molar-refractivity contribution in [2.75, 3.05) is 0 Å². The summed E-state index contributed by atoms with van der Waals surface area (Å²) >= 11 is 12.3. The first-order valence-electron chi connectivity index (χ1n) is 7.08. The molecule has 0 aliphatic carbocycles. The Kier molecular flexibility index (Phi) is 3.98. The minimum atomic E-state index is 0.357. The first-order valence-corrected chi connectivity index (χ1v) is 7.83. The first-order chi connectivity index (χ1) is 10.5. The van der Waals surface area contributed by atoms with Crippen LogP contribution in [0.4, 0.5) is 0 Å². The average molecular weight is 332 g/mol. The van der Waals surface area contributed by atoms with Crippen LogP contribution in [0.25, 0.3) is 22.2 Å². The standard InChI is InChI=1S/C18H15Cl2NO/c1-10(2)12-4-3-5-13-15(9-22)18(21-17(12)13)14-7-6-11(19)8-16(14)20/h3-10,21H,1-2H3. The van der Waals surface area contributed by atoms with Crippen molar-refractivity contribution in [2.45, 2.75) is 19.8 Å². The van der Waals surface area contributed by atoms with Gasteiger partial charge in [0.1, 0.15) is 0 Å². The van der Waals surface area contributed by atoms with Gasteiger partial charge in [0, 0.05) is 21.5 Å². The molecule has 3 rings (SSSR count). The van der Waals surface area contributed by atoms with Gasteiger partial charge in [-0.2, -0.15) is 0 Å². The van der Waals surface area contributed by atoms with E-state index in [1.165, 1.54) is 5.56 Å². The molecule has 22 heavy (non-hydrogen) atoms. The zero-order valence-electron chi connectivity index (χ0n) is 12.3. The predicted octanol–water partition coefficient (Wildman–Crippen LogP) is 6.08. The maximum atomic E-state index is 11.6. The van der Waals surface area contributed by atoms with E-state index in [2.05, 4.69) is 24.9 Å². The van der Waals surface area contributed by atoms with E-state index in [-0.39, 0.29) is 0 Å². The minimum absolute atomic E-state index is 0.357. The van der Waals surface area contributed by atoms with Gasteiger partial charge in [0.25, 0.3) is 0 Å². The molecular weight excluding hydrogens is 317 g/mol. The van der Waals surface area contributed by atoms with Crippen molar-refractivity contribution in [1.29, 1.82) is 0 Å². The fourth-order valence-corrected chi connectivity index (χ4v) is 3.27. The summed E-state index contributed by atoms with van der Waals surface area (Å²) in [5.74, 6) is 0.357. The van der Waals surface area contributed by atoms with Crippen LogP contribution in [-0.2, 0) is 0 Å². The molecule has 0 saturated carbocycles. The van der Waals surface area contributed by atoms with Gasteiger partial charge >= 0.3 is 0 Å². The number of carbonyl (C=O) groups excluding carboxylic acids is 1. The molecule has 0 aliphatic heterocycles. The molecule has 2 aromatic carbocycles. The third-order valence-corrected chi connectivity index (χ3v) is 4.39. The van der Waals surface area contributed by atoms with Crippen LogP contribution < -0.4 is 0 Å². The number of nitrogens with one attached hydrogen (secondary N) is 1. The van der Waals surface area contributed by atoms with Crippen molar-refractivity contribution in [3.8, 4) is 11.3 Å². The summed E-state index contributed by atoms with van der Waals surface area (Å²) in [5.41, 5.74) is 4.30. The second-order valence-electron chi connectivity index (χ2n) is 5.58. The summed E-state index contributed by atoms with van der Waals surface area (Å²) in [6.07, 6.45) is 0.878.